The fraction of sp³-hybridized carbons (Fsp3) is 0.438. The number of imide groups is 1. The minimum atomic E-state index is -0.415. The van der Waals surface area contributed by atoms with E-state index in [1.807, 2.05) is 13.8 Å². The van der Waals surface area contributed by atoms with Crippen LogP contribution in [0.2, 0.25) is 0 Å². The number of amidine groups is 1. The Labute approximate surface area is 140 Å². The van der Waals surface area contributed by atoms with E-state index in [0.717, 1.165) is 18.3 Å². The molecule has 0 aromatic heterocycles. The second-order valence-corrected chi connectivity index (χ2v) is 6.18. The highest BCUT2D eigenvalue weighted by Gasteiger charge is 2.41. The summed E-state index contributed by atoms with van der Waals surface area (Å²) in [5.74, 6) is 0.237. The number of ether oxygens (including phenoxy) is 1. The predicted molar refractivity (Wildman–Crippen MR) is 91.7 cm³/mol. The van der Waals surface area contributed by atoms with Crippen LogP contribution >= 0.6 is 11.8 Å². The SMILES string of the molecule is CCNC(=[NH+]CC)S[C@H]1CC(=O)N(c2cccc(OC)c2)C1=O. The number of thioether (sulfide) groups is 1. The molecule has 124 valence electrons. The zero-order valence-electron chi connectivity index (χ0n) is 13.6. The van der Waals surface area contributed by atoms with Gasteiger partial charge in [0.15, 0.2) is 0 Å². The van der Waals surface area contributed by atoms with Gasteiger partial charge in [-0.1, -0.05) is 6.07 Å². The van der Waals surface area contributed by atoms with Crippen molar-refractivity contribution in [3.8, 4) is 5.75 Å². The topological polar surface area (TPSA) is 72.6 Å². The van der Waals surface area contributed by atoms with Crippen molar-refractivity contribution in [2.45, 2.75) is 25.5 Å². The van der Waals surface area contributed by atoms with Crippen molar-refractivity contribution in [1.29, 1.82) is 0 Å². The van der Waals surface area contributed by atoms with Crippen LogP contribution in [0.4, 0.5) is 5.69 Å². The number of anilines is 1. The summed E-state index contributed by atoms with van der Waals surface area (Å²) in [6.45, 7) is 5.48. The first-order valence-corrected chi connectivity index (χ1v) is 8.50. The van der Waals surface area contributed by atoms with Gasteiger partial charge in [0.2, 0.25) is 11.8 Å². The maximum Gasteiger partial charge on any atom is 0.304 e. The van der Waals surface area contributed by atoms with Crippen molar-refractivity contribution in [3.63, 3.8) is 0 Å². The number of benzene rings is 1. The van der Waals surface area contributed by atoms with Gasteiger partial charge in [0, 0.05) is 12.5 Å². The van der Waals surface area contributed by atoms with E-state index in [0.29, 0.717) is 11.4 Å². The van der Waals surface area contributed by atoms with Crippen LogP contribution in [0.15, 0.2) is 24.3 Å². The van der Waals surface area contributed by atoms with E-state index in [1.54, 1.807) is 31.4 Å². The van der Waals surface area contributed by atoms with Crippen molar-refractivity contribution in [2.24, 2.45) is 0 Å². The third kappa shape index (κ3) is 4.04. The summed E-state index contributed by atoms with van der Waals surface area (Å²) in [7, 11) is 1.56. The van der Waals surface area contributed by atoms with E-state index < -0.39 is 5.25 Å². The van der Waals surface area contributed by atoms with Crippen molar-refractivity contribution in [3.05, 3.63) is 24.3 Å². The third-order valence-corrected chi connectivity index (χ3v) is 4.53. The van der Waals surface area contributed by atoms with Crippen LogP contribution in [0.5, 0.6) is 5.75 Å². The smallest absolute Gasteiger partial charge is 0.304 e. The standard InChI is InChI=1S/C16H21N3O3S/c1-4-17-16(18-5-2)23-13-10-14(20)19(15(13)21)11-7-6-8-12(9-11)22-3/h6-9,13H,4-5,10H2,1-3H3,(H,17,18)/p+1/t13-/m0/s1. The lowest BCUT2D eigenvalue weighted by molar-refractivity contribution is -0.451. The number of hydrogen-bond donors (Lipinski definition) is 2. The molecular formula is C16H22N3O3S+. The molecule has 1 atom stereocenters. The first kappa shape index (κ1) is 17.3. The molecule has 0 unspecified atom stereocenters. The molecule has 7 heteroatoms. The number of nitrogens with zero attached hydrogens (tertiary/aromatic N) is 1. The van der Waals surface area contributed by atoms with Gasteiger partial charge in [0.1, 0.15) is 11.0 Å². The molecule has 0 aliphatic carbocycles. The number of amides is 2. The van der Waals surface area contributed by atoms with Gasteiger partial charge in [-0.15, -0.1) is 0 Å². The second kappa shape index (κ2) is 8.01. The number of rotatable bonds is 5. The summed E-state index contributed by atoms with van der Waals surface area (Å²) in [6, 6.07) is 6.99. The molecule has 0 radical (unpaired) electrons. The largest absolute Gasteiger partial charge is 0.497 e. The molecule has 0 saturated carbocycles. The van der Waals surface area contributed by atoms with Crippen LogP contribution in [-0.2, 0) is 9.59 Å². The fourth-order valence-corrected chi connectivity index (χ4v) is 3.50. The van der Waals surface area contributed by atoms with Crippen LogP contribution in [0, 0.1) is 0 Å². The van der Waals surface area contributed by atoms with Crippen molar-refractivity contribution in [1.82, 2.24) is 5.32 Å². The van der Waals surface area contributed by atoms with Gasteiger partial charge in [0.25, 0.3) is 0 Å². The fourth-order valence-electron chi connectivity index (χ4n) is 2.33. The first-order chi connectivity index (χ1) is 11.1. The average Bonchev–Trinajstić information content (AvgIpc) is 2.82. The van der Waals surface area contributed by atoms with E-state index in [1.165, 1.54) is 16.7 Å². The van der Waals surface area contributed by atoms with E-state index in [9.17, 15) is 9.59 Å². The molecular weight excluding hydrogens is 314 g/mol. The van der Waals surface area contributed by atoms with E-state index in [2.05, 4.69) is 10.3 Å². The van der Waals surface area contributed by atoms with Crippen molar-refractivity contribution < 1.29 is 19.3 Å². The van der Waals surface area contributed by atoms with Gasteiger partial charge in [-0.3, -0.25) is 19.9 Å². The molecule has 2 rings (SSSR count). The van der Waals surface area contributed by atoms with Gasteiger partial charge in [-0.25, -0.2) is 4.90 Å². The van der Waals surface area contributed by atoms with Crippen LogP contribution in [0.3, 0.4) is 0 Å². The predicted octanol–water partition coefficient (Wildman–Crippen LogP) is 0.126. The summed E-state index contributed by atoms with van der Waals surface area (Å²) in [4.78, 5) is 29.4. The molecule has 1 aliphatic heterocycles. The molecule has 2 amide bonds. The lowest BCUT2D eigenvalue weighted by Gasteiger charge is -2.15. The summed E-state index contributed by atoms with van der Waals surface area (Å²) in [6.07, 6.45) is 0.195. The number of nitrogens with one attached hydrogen (secondary N) is 2. The molecule has 2 N–H and O–H groups in total. The minimum Gasteiger partial charge on any atom is -0.497 e. The Morgan fingerprint density at radius 2 is 2.22 bits per heavy atom. The van der Waals surface area contributed by atoms with Gasteiger partial charge < -0.3 is 4.74 Å². The van der Waals surface area contributed by atoms with Crippen molar-refractivity contribution in [2.75, 3.05) is 25.1 Å². The quantitative estimate of drug-likeness (QED) is 0.454. The molecule has 0 spiro atoms. The van der Waals surface area contributed by atoms with Crippen LogP contribution in [0.1, 0.15) is 20.3 Å². The highest BCUT2D eigenvalue weighted by molar-refractivity contribution is 8.14. The van der Waals surface area contributed by atoms with Crippen LogP contribution in [-0.4, -0.2) is 42.4 Å². The van der Waals surface area contributed by atoms with Gasteiger partial charge >= 0.3 is 5.17 Å². The molecule has 23 heavy (non-hydrogen) atoms. The Morgan fingerprint density at radius 3 is 2.87 bits per heavy atom. The van der Waals surface area contributed by atoms with Gasteiger partial charge in [-0.05, 0) is 37.7 Å². The average molecular weight is 336 g/mol. The maximum absolute atomic E-state index is 12.6. The number of hydrogen-bond acceptors (Lipinski definition) is 4. The zero-order valence-corrected chi connectivity index (χ0v) is 14.4. The van der Waals surface area contributed by atoms with E-state index in [4.69, 9.17) is 4.74 Å². The Kier molecular flexibility index (Phi) is 6.04. The summed E-state index contributed by atoms with van der Waals surface area (Å²) in [5.41, 5.74) is 0.552. The molecule has 1 aromatic rings. The Morgan fingerprint density at radius 1 is 1.43 bits per heavy atom. The molecule has 1 heterocycles. The zero-order chi connectivity index (χ0) is 16.8. The van der Waals surface area contributed by atoms with Gasteiger partial charge in [0.05, 0.1) is 25.9 Å². The molecule has 1 fully saturated rings. The second-order valence-electron chi connectivity index (χ2n) is 4.97. The van der Waals surface area contributed by atoms with Crippen molar-refractivity contribution >= 4 is 34.4 Å². The minimum absolute atomic E-state index is 0.187. The molecule has 1 aliphatic rings. The summed E-state index contributed by atoms with van der Waals surface area (Å²) >= 11 is 1.37. The van der Waals surface area contributed by atoms with E-state index in [-0.39, 0.29) is 18.2 Å². The molecule has 1 aromatic carbocycles. The number of carbonyl (C=O) groups is 2. The summed E-state index contributed by atoms with van der Waals surface area (Å²) in [5, 5.41) is 3.60. The molecule has 1 saturated heterocycles. The normalized spacial score (nSPS) is 18.5. The van der Waals surface area contributed by atoms with Crippen LogP contribution < -0.4 is 19.9 Å². The lowest BCUT2D eigenvalue weighted by atomic mass is 10.3. The molecule has 0 bridgehead atoms. The number of carbonyl (C=O) groups excluding carboxylic acids is 2. The van der Waals surface area contributed by atoms with Crippen LogP contribution in [0.25, 0.3) is 0 Å². The Bertz CT molecular complexity index is 618. The molecule has 6 nitrogen and oxygen atoms in total. The lowest BCUT2D eigenvalue weighted by Crippen LogP contribution is -2.74. The Hall–Kier alpha value is -2.02. The van der Waals surface area contributed by atoms with Gasteiger partial charge in [-0.2, -0.15) is 0 Å². The monoisotopic (exact) mass is 336 g/mol. The highest BCUT2D eigenvalue weighted by atomic mass is 32.2. The first-order valence-electron chi connectivity index (χ1n) is 7.62. The third-order valence-electron chi connectivity index (χ3n) is 3.35. The summed E-state index contributed by atoms with van der Waals surface area (Å²) < 4.78 is 5.16. The number of methoxy groups -OCH3 is 1. The highest BCUT2D eigenvalue weighted by Crippen LogP contribution is 2.31. The Balaban J connectivity index is 2.17. The van der Waals surface area contributed by atoms with E-state index >= 15 is 0 Å². The maximum atomic E-state index is 12.6.